The second-order valence-electron chi connectivity index (χ2n) is 7.81. The highest BCUT2D eigenvalue weighted by Crippen LogP contribution is 2.29. The number of halogens is 1. The molecule has 1 saturated carbocycles. The van der Waals surface area contributed by atoms with Gasteiger partial charge in [-0.3, -0.25) is 14.4 Å². The third-order valence-electron chi connectivity index (χ3n) is 5.63. The van der Waals surface area contributed by atoms with Crippen LogP contribution in [0.5, 0.6) is 0 Å². The summed E-state index contributed by atoms with van der Waals surface area (Å²) in [6.45, 7) is 3.90. The summed E-state index contributed by atoms with van der Waals surface area (Å²) in [6.07, 6.45) is 5.71. The van der Waals surface area contributed by atoms with Crippen LogP contribution in [0.2, 0.25) is 0 Å². The SMILES string of the molecule is Cc1cc(NC(=O)COC(=O)[C@@H]2CC(=O)N(C3CCCCC3)C2)c(C)cc1Br. The molecule has 2 fully saturated rings. The van der Waals surface area contributed by atoms with Crippen LogP contribution < -0.4 is 5.32 Å². The summed E-state index contributed by atoms with van der Waals surface area (Å²) in [4.78, 5) is 38.7. The Morgan fingerprint density at radius 1 is 1.18 bits per heavy atom. The van der Waals surface area contributed by atoms with Gasteiger partial charge in [-0.05, 0) is 49.9 Å². The van der Waals surface area contributed by atoms with E-state index < -0.39 is 11.9 Å². The fraction of sp³-hybridized carbons (Fsp3) is 0.571. The summed E-state index contributed by atoms with van der Waals surface area (Å²) in [5.41, 5.74) is 2.62. The number of esters is 1. The highest BCUT2D eigenvalue weighted by molar-refractivity contribution is 9.10. The number of carbonyl (C=O) groups excluding carboxylic acids is 3. The van der Waals surface area contributed by atoms with E-state index in [-0.39, 0.29) is 30.9 Å². The molecular weight excluding hydrogens is 424 g/mol. The van der Waals surface area contributed by atoms with Gasteiger partial charge in [0.25, 0.3) is 5.91 Å². The maximum atomic E-state index is 12.4. The summed E-state index contributed by atoms with van der Waals surface area (Å²) in [5, 5.41) is 2.78. The normalized spacial score (nSPS) is 20.3. The molecule has 1 aliphatic carbocycles. The van der Waals surface area contributed by atoms with Crippen LogP contribution in [0.3, 0.4) is 0 Å². The van der Waals surface area contributed by atoms with Gasteiger partial charge in [-0.25, -0.2) is 0 Å². The Kier molecular flexibility index (Phi) is 6.75. The van der Waals surface area contributed by atoms with Gasteiger partial charge >= 0.3 is 5.97 Å². The van der Waals surface area contributed by atoms with Gasteiger partial charge in [0.05, 0.1) is 5.92 Å². The number of benzene rings is 1. The number of nitrogens with zero attached hydrogens (tertiary/aromatic N) is 1. The molecule has 6 nitrogen and oxygen atoms in total. The fourth-order valence-electron chi connectivity index (χ4n) is 3.99. The van der Waals surface area contributed by atoms with Crippen molar-refractivity contribution in [2.75, 3.05) is 18.5 Å². The highest BCUT2D eigenvalue weighted by atomic mass is 79.9. The molecule has 28 heavy (non-hydrogen) atoms. The number of aryl methyl sites for hydroxylation is 2. The van der Waals surface area contributed by atoms with Crippen molar-refractivity contribution >= 4 is 39.4 Å². The third kappa shape index (κ3) is 4.93. The van der Waals surface area contributed by atoms with Gasteiger partial charge in [-0.15, -0.1) is 0 Å². The Morgan fingerprint density at radius 2 is 1.89 bits per heavy atom. The third-order valence-corrected chi connectivity index (χ3v) is 6.49. The first-order chi connectivity index (χ1) is 13.3. The van der Waals surface area contributed by atoms with Crippen LogP contribution in [0.15, 0.2) is 16.6 Å². The van der Waals surface area contributed by atoms with Gasteiger partial charge in [0.1, 0.15) is 0 Å². The van der Waals surface area contributed by atoms with Crippen LogP contribution in [0.25, 0.3) is 0 Å². The number of nitrogens with one attached hydrogen (secondary N) is 1. The average molecular weight is 451 g/mol. The molecule has 0 unspecified atom stereocenters. The zero-order valence-electron chi connectivity index (χ0n) is 16.4. The molecular formula is C21H27BrN2O4. The summed E-state index contributed by atoms with van der Waals surface area (Å²) < 4.78 is 6.17. The lowest BCUT2D eigenvalue weighted by molar-refractivity contribution is -0.151. The van der Waals surface area contributed by atoms with Crippen LogP contribution in [0, 0.1) is 19.8 Å². The summed E-state index contributed by atoms with van der Waals surface area (Å²) in [5.74, 6) is -1.30. The maximum absolute atomic E-state index is 12.4. The second kappa shape index (κ2) is 9.07. The largest absolute Gasteiger partial charge is 0.455 e. The van der Waals surface area contributed by atoms with Gasteiger partial charge in [0.15, 0.2) is 6.61 Å². The van der Waals surface area contributed by atoms with Crippen molar-refractivity contribution in [3.05, 3.63) is 27.7 Å². The lowest BCUT2D eigenvalue weighted by atomic mass is 9.94. The van der Waals surface area contributed by atoms with Crippen molar-refractivity contribution in [1.29, 1.82) is 0 Å². The molecule has 152 valence electrons. The number of carbonyl (C=O) groups is 3. The van der Waals surface area contributed by atoms with E-state index in [9.17, 15) is 14.4 Å². The van der Waals surface area contributed by atoms with Gasteiger partial charge < -0.3 is 15.0 Å². The standard InChI is InChI=1S/C21H27BrN2O4/c1-13-9-18(14(2)8-17(13)22)23-19(25)12-28-21(27)15-10-20(26)24(11-15)16-6-4-3-5-7-16/h8-9,15-16H,3-7,10-12H2,1-2H3,(H,23,25)/t15-/m1/s1. The Labute approximate surface area is 174 Å². The monoisotopic (exact) mass is 450 g/mol. The predicted molar refractivity (Wildman–Crippen MR) is 110 cm³/mol. The Morgan fingerprint density at radius 3 is 2.61 bits per heavy atom. The first-order valence-electron chi connectivity index (χ1n) is 9.88. The smallest absolute Gasteiger partial charge is 0.311 e. The quantitative estimate of drug-likeness (QED) is 0.693. The van der Waals surface area contributed by atoms with E-state index in [4.69, 9.17) is 4.74 Å². The molecule has 1 heterocycles. The van der Waals surface area contributed by atoms with Gasteiger partial charge in [-0.2, -0.15) is 0 Å². The Balaban J connectivity index is 1.49. The molecule has 1 atom stereocenters. The summed E-state index contributed by atoms with van der Waals surface area (Å²) in [6, 6.07) is 4.06. The predicted octanol–water partition coefficient (Wildman–Crippen LogP) is 3.73. The molecule has 2 amide bonds. The minimum Gasteiger partial charge on any atom is -0.455 e. The lowest BCUT2D eigenvalue weighted by Gasteiger charge is -2.31. The molecule has 0 radical (unpaired) electrons. The highest BCUT2D eigenvalue weighted by Gasteiger charge is 2.39. The van der Waals surface area contributed by atoms with E-state index >= 15 is 0 Å². The summed E-state index contributed by atoms with van der Waals surface area (Å²) in [7, 11) is 0. The van der Waals surface area contributed by atoms with E-state index in [1.165, 1.54) is 6.42 Å². The molecule has 2 aliphatic rings. The van der Waals surface area contributed by atoms with Crippen LogP contribution in [-0.2, 0) is 19.1 Å². The van der Waals surface area contributed by atoms with Crippen molar-refractivity contribution in [3.63, 3.8) is 0 Å². The molecule has 7 heteroatoms. The number of amides is 2. The molecule has 1 aromatic rings. The van der Waals surface area contributed by atoms with Crippen LogP contribution in [0.4, 0.5) is 5.69 Å². The molecule has 1 N–H and O–H groups in total. The molecule has 0 spiro atoms. The first-order valence-corrected chi connectivity index (χ1v) is 10.7. The van der Waals surface area contributed by atoms with Crippen molar-refractivity contribution < 1.29 is 19.1 Å². The minimum absolute atomic E-state index is 0.0271. The molecule has 0 bridgehead atoms. The second-order valence-corrected chi connectivity index (χ2v) is 8.67. The molecule has 0 aromatic heterocycles. The van der Waals surface area contributed by atoms with E-state index in [1.54, 1.807) is 0 Å². The minimum atomic E-state index is -0.473. The number of likely N-dealkylation sites (tertiary alicyclic amines) is 1. The van der Waals surface area contributed by atoms with Crippen molar-refractivity contribution in [3.8, 4) is 0 Å². The number of hydrogen-bond donors (Lipinski definition) is 1. The van der Waals surface area contributed by atoms with Gasteiger partial charge in [0.2, 0.25) is 5.91 Å². The van der Waals surface area contributed by atoms with Gasteiger partial charge in [0, 0.05) is 29.2 Å². The molecule has 1 aliphatic heterocycles. The number of anilines is 1. The fourth-order valence-corrected chi connectivity index (χ4v) is 4.45. The van der Waals surface area contributed by atoms with E-state index in [0.29, 0.717) is 12.2 Å². The van der Waals surface area contributed by atoms with Crippen LogP contribution in [-0.4, -0.2) is 41.9 Å². The number of ether oxygens (including phenoxy) is 1. The van der Waals surface area contributed by atoms with Crippen LogP contribution in [0.1, 0.15) is 49.7 Å². The number of hydrogen-bond acceptors (Lipinski definition) is 4. The lowest BCUT2D eigenvalue weighted by Crippen LogP contribution is -2.38. The van der Waals surface area contributed by atoms with E-state index in [1.807, 2.05) is 30.9 Å². The Bertz CT molecular complexity index is 774. The zero-order valence-corrected chi connectivity index (χ0v) is 18.0. The Hall–Kier alpha value is -1.89. The molecule has 1 aromatic carbocycles. The van der Waals surface area contributed by atoms with Crippen molar-refractivity contribution in [2.24, 2.45) is 5.92 Å². The maximum Gasteiger partial charge on any atom is 0.311 e. The summed E-state index contributed by atoms with van der Waals surface area (Å²) >= 11 is 3.46. The van der Waals surface area contributed by atoms with E-state index in [0.717, 1.165) is 41.3 Å². The van der Waals surface area contributed by atoms with E-state index in [2.05, 4.69) is 21.2 Å². The molecule has 1 saturated heterocycles. The topological polar surface area (TPSA) is 75.7 Å². The zero-order chi connectivity index (χ0) is 20.3. The average Bonchev–Trinajstić information content (AvgIpc) is 3.06. The van der Waals surface area contributed by atoms with Crippen molar-refractivity contribution in [1.82, 2.24) is 4.90 Å². The molecule has 3 rings (SSSR count). The van der Waals surface area contributed by atoms with Gasteiger partial charge in [-0.1, -0.05) is 35.2 Å². The van der Waals surface area contributed by atoms with Crippen molar-refractivity contribution in [2.45, 2.75) is 58.4 Å². The number of rotatable bonds is 5. The van der Waals surface area contributed by atoms with Crippen LogP contribution >= 0.6 is 15.9 Å². The first kappa shape index (κ1) is 20.8.